The zero-order chi connectivity index (χ0) is 14.8. The molecule has 0 spiro atoms. The van der Waals surface area contributed by atoms with Crippen LogP contribution in [0, 0.1) is 11.3 Å². The first-order chi connectivity index (χ1) is 9.41. The van der Waals surface area contributed by atoms with Gasteiger partial charge in [-0.2, -0.15) is 18.4 Å². The van der Waals surface area contributed by atoms with E-state index >= 15 is 0 Å². The molecule has 0 amide bonds. The maximum absolute atomic E-state index is 12.5. The van der Waals surface area contributed by atoms with Gasteiger partial charge in [-0.05, 0) is 23.8 Å². The number of hydrogen-bond donors (Lipinski definition) is 1. The number of rotatable bonds is 2. The van der Waals surface area contributed by atoms with Gasteiger partial charge in [0.05, 0.1) is 35.6 Å². The molecule has 1 heterocycles. The molecule has 1 aromatic heterocycles. The molecule has 0 saturated carbocycles. The molecule has 0 fully saturated rings. The van der Waals surface area contributed by atoms with Crippen LogP contribution in [0.2, 0.25) is 0 Å². The van der Waals surface area contributed by atoms with Gasteiger partial charge in [-0.15, -0.1) is 0 Å². The van der Waals surface area contributed by atoms with Crippen LogP contribution in [0.5, 0.6) is 0 Å². The zero-order valence-corrected chi connectivity index (χ0v) is 10.3. The van der Waals surface area contributed by atoms with Crippen molar-refractivity contribution in [3.05, 3.63) is 47.7 Å². The fraction of sp³-hybridized carbons (Fsp3) is 0.143. The number of aromatic nitrogens is 1. The van der Waals surface area contributed by atoms with Crippen molar-refractivity contribution >= 4 is 5.69 Å². The van der Waals surface area contributed by atoms with E-state index in [1.807, 2.05) is 6.07 Å². The second kappa shape index (κ2) is 5.21. The minimum Gasteiger partial charge on any atom is -0.397 e. The number of hydrogen-bond acceptors (Lipinski definition) is 3. The summed E-state index contributed by atoms with van der Waals surface area (Å²) in [6.07, 6.45) is -2.87. The quantitative estimate of drug-likeness (QED) is 0.914. The Labute approximate surface area is 113 Å². The molecule has 0 bridgehead atoms. The summed E-state index contributed by atoms with van der Waals surface area (Å²) < 4.78 is 37.5. The SMILES string of the molecule is N#CCc1cc(N)cnc1-c1ccc(C(F)(F)F)cc1. The lowest BCUT2D eigenvalue weighted by Gasteiger charge is -2.10. The van der Waals surface area contributed by atoms with Crippen LogP contribution in [0.1, 0.15) is 11.1 Å². The van der Waals surface area contributed by atoms with Crippen molar-refractivity contribution < 1.29 is 13.2 Å². The Balaban J connectivity index is 2.44. The van der Waals surface area contributed by atoms with Crippen molar-refractivity contribution in [2.45, 2.75) is 12.6 Å². The normalized spacial score (nSPS) is 11.1. The standard InChI is InChI=1S/C14H10F3N3/c15-14(16,17)11-3-1-9(2-4-11)13-10(5-6-18)7-12(19)8-20-13/h1-4,7-8H,5,19H2. The van der Waals surface area contributed by atoms with Crippen molar-refractivity contribution in [2.24, 2.45) is 0 Å². The van der Waals surface area contributed by atoms with Crippen LogP contribution < -0.4 is 5.73 Å². The third-order valence-corrected chi connectivity index (χ3v) is 2.74. The van der Waals surface area contributed by atoms with Crippen molar-refractivity contribution in [1.82, 2.24) is 4.98 Å². The van der Waals surface area contributed by atoms with Gasteiger partial charge in [-0.1, -0.05) is 12.1 Å². The van der Waals surface area contributed by atoms with E-state index < -0.39 is 11.7 Å². The van der Waals surface area contributed by atoms with E-state index in [1.54, 1.807) is 6.07 Å². The largest absolute Gasteiger partial charge is 0.416 e. The van der Waals surface area contributed by atoms with Crippen LogP contribution in [-0.2, 0) is 12.6 Å². The maximum Gasteiger partial charge on any atom is 0.416 e. The highest BCUT2D eigenvalue weighted by Crippen LogP contribution is 2.31. The summed E-state index contributed by atoms with van der Waals surface area (Å²) in [4.78, 5) is 4.10. The highest BCUT2D eigenvalue weighted by atomic mass is 19.4. The molecule has 0 aliphatic rings. The van der Waals surface area contributed by atoms with Gasteiger partial charge in [0.2, 0.25) is 0 Å². The number of nitrogens with two attached hydrogens (primary N) is 1. The molecule has 0 aliphatic heterocycles. The Bertz CT molecular complexity index is 655. The summed E-state index contributed by atoms with van der Waals surface area (Å²) in [5.41, 5.74) is 6.86. The molecule has 0 aliphatic carbocycles. The van der Waals surface area contributed by atoms with Crippen LogP contribution in [0.25, 0.3) is 11.3 Å². The molecule has 20 heavy (non-hydrogen) atoms. The number of nitriles is 1. The Hall–Kier alpha value is -2.55. The van der Waals surface area contributed by atoms with Gasteiger partial charge in [-0.3, -0.25) is 4.98 Å². The monoisotopic (exact) mass is 277 g/mol. The van der Waals surface area contributed by atoms with Crippen molar-refractivity contribution in [1.29, 1.82) is 5.26 Å². The summed E-state index contributed by atoms with van der Waals surface area (Å²) in [5.74, 6) is 0. The molecular weight excluding hydrogens is 267 g/mol. The van der Waals surface area contributed by atoms with Gasteiger partial charge in [0.1, 0.15) is 0 Å². The number of pyridine rings is 1. The summed E-state index contributed by atoms with van der Waals surface area (Å²) in [6.45, 7) is 0. The first kappa shape index (κ1) is 13.9. The molecule has 2 N–H and O–H groups in total. The first-order valence-electron chi connectivity index (χ1n) is 5.71. The van der Waals surface area contributed by atoms with Crippen LogP contribution >= 0.6 is 0 Å². The number of nitrogen functional groups attached to an aromatic ring is 1. The van der Waals surface area contributed by atoms with Crippen LogP contribution in [0.3, 0.4) is 0 Å². The number of benzene rings is 1. The third-order valence-electron chi connectivity index (χ3n) is 2.74. The summed E-state index contributed by atoms with van der Waals surface area (Å²) in [7, 11) is 0. The lowest BCUT2D eigenvalue weighted by atomic mass is 10.0. The minimum absolute atomic E-state index is 0.0917. The Morgan fingerprint density at radius 2 is 1.85 bits per heavy atom. The van der Waals surface area contributed by atoms with Crippen LogP contribution in [-0.4, -0.2) is 4.98 Å². The minimum atomic E-state index is -4.37. The van der Waals surface area contributed by atoms with E-state index in [-0.39, 0.29) is 6.42 Å². The molecule has 6 heteroatoms. The molecule has 1 aromatic carbocycles. The van der Waals surface area contributed by atoms with Gasteiger partial charge >= 0.3 is 6.18 Å². The molecule has 3 nitrogen and oxygen atoms in total. The number of alkyl halides is 3. The van der Waals surface area contributed by atoms with E-state index in [0.717, 1.165) is 12.1 Å². The Kier molecular flexibility index (Phi) is 3.61. The number of halogens is 3. The fourth-order valence-corrected chi connectivity index (χ4v) is 1.83. The molecule has 0 unspecified atom stereocenters. The van der Waals surface area contributed by atoms with Gasteiger partial charge in [0.25, 0.3) is 0 Å². The molecule has 2 aromatic rings. The van der Waals surface area contributed by atoms with E-state index in [2.05, 4.69) is 4.98 Å². The first-order valence-corrected chi connectivity index (χ1v) is 5.71. The van der Waals surface area contributed by atoms with Crippen molar-refractivity contribution in [3.8, 4) is 17.3 Å². The zero-order valence-electron chi connectivity index (χ0n) is 10.3. The molecule has 0 atom stereocenters. The lowest BCUT2D eigenvalue weighted by Crippen LogP contribution is -2.04. The average molecular weight is 277 g/mol. The summed E-state index contributed by atoms with van der Waals surface area (Å²) >= 11 is 0. The van der Waals surface area contributed by atoms with Gasteiger partial charge in [0, 0.05) is 5.56 Å². The predicted octanol–water partition coefficient (Wildman–Crippen LogP) is 3.42. The van der Waals surface area contributed by atoms with E-state index in [4.69, 9.17) is 11.0 Å². The maximum atomic E-state index is 12.5. The van der Waals surface area contributed by atoms with E-state index in [1.165, 1.54) is 18.3 Å². The fourth-order valence-electron chi connectivity index (χ4n) is 1.83. The second-order valence-corrected chi connectivity index (χ2v) is 4.19. The number of nitrogens with zero attached hydrogens (tertiary/aromatic N) is 2. The van der Waals surface area contributed by atoms with Crippen molar-refractivity contribution in [3.63, 3.8) is 0 Å². The van der Waals surface area contributed by atoms with Crippen LogP contribution in [0.15, 0.2) is 36.5 Å². The highest BCUT2D eigenvalue weighted by Gasteiger charge is 2.30. The molecule has 102 valence electrons. The van der Waals surface area contributed by atoms with Crippen molar-refractivity contribution in [2.75, 3.05) is 5.73 Å². The third kappa shape index (κ3) is 2.88. The lowest BCUT2D eigenvalue weighted by molar-refractivity contribution is -0.137. The number of anilines is 1. The predicted molar refractivity (Wildman–Crippen MR) is 68.4 cm³/mol. The van der Waals surface area contributed by atoms with Gasteiger partial charge in [-0.25, -0.2) is 0 Å². The highest BCUT2D eigenvalue weighted by molar-refractivity contribution is 5.66. The van der Waals surface area contributed by atoms with Gasteiger partial charge in [0.15, 0.2) is 0 Å². The average Bonchev–Trinajstić information content (AvgIpc) is 2.38. The second-order valence-electron chi connectivity index (χ2n) is 4.19. The van der Waals surface area contributed by atoms with E-state index in [9.17, 15) is 13.2 Å². The topological polar surface area (TPSA) is 62.7 Å². The molecular formula is C14H10F3N3. The molecule has 0 saturated heterocycles. The Morgan fingerprint density at radius 1 is 1.20 bits per heavy atom. The molecule has 0 radical (unpaired) electrons. The summed E-state index contributed by atoms with van der Waals surface area (Å²) in [5, 5.41) is 8.77. The smallest absolute Gasteiger partial charge is 0.397 e. The van der Waals surface area contributed by atoms with Gasteiger partial charge < -0.3 is 5.73 Å². The van der Waals surface area contributed by atoms with E-state index in [0.29, 0.717) is 22.5 Å². The Morgan fingerprint density at radius 3 is 2.40 bits per heavy atom. The summed E-state index contributed by atoms with van der Waals surface area (Å²) in [6, 6.07) is 8.23. The van der Waals surface area contributed by atoms with Crippen LogP contribution in [0.4, 0.5) is 18.9 Å². The molecule has 2 rings (SSSR count).